The van der Waals surface area contributed by atoms with Crippen molar-refractivity contribution in [2.24, 2.45) is 0 Å². The number of carbonyl (C=O) groups is 2. The molecule has 1 N–H and O–H groups in total. The number of aliphatic hydroxyl groups excluding tert-OH is 1. The van der Waals surface area contributed by atoms with Crippen LogP contribution >= 0.6 is 22.6 Å². The van der Waals surface area contributed by atoms with Crippen molar-refractivity contribution < 1.29 is 24.2 Å². The summed E-state index contributed by atoms with van der Waals surface area (Å²) in [6, 6.07) is 17.6. The monoisotopic (exact) mass is 551 g/mol. The van der Waals surface area contributed by atoms with Gasteiger partial charge in [-0.25, -0.2) is 9.59 Å². The summed E-state index contributed by atoms with van der Waals surface area (Å²) in [5.41, 5.74) is 0.918. The SMILES string of the molecule is CC(C)(C)OC(=O)N1[C@@H](CC[C@@H](O)CI)C(=O)O[C@H](c2ccccc2)[C@@H]1c1ccccc1. The number of hydrogen-bond acceptors (Lipinski definition) is 5. The summed E-state index contributed by atoms with van der Waals surface area (Å²) >= 11 is 2.10. The number of aliphatic hydroxyl groups is 1. The molecule has 4 atom stereocenters. The van der Waals surface area contributed by atoms with Gasteiger partial charge >= 0.3 is 12.1 Å². The number of amides is 1. The Bertz CT molecular complexity index is 900. The first-order valence-electron chi connectivity index (χ1n) is 10.8. The van der Waals surface area contributed by atoms with Crippen LogP contribution in [0.1, 0.15) is 56.9 Å². The molecule has 2 aromatic rings. The van der Waals surface area contributed by atoms with Gasteiger partial charge in [0.2, 0.25) is 0 Å². The predicted octanol–water partition coefficient (Wildman–Crippen LogP) is 5.21. The lowest BCUT2D eigenvalue weighted by Gasteiger charge is -2.45. The van der Waals surface area contributed by atoms with E-state index in [2.05, 4.69) is 22.6 Å². The zero-order valence-corrected chi connectivity index (χ0v) is 20.8. The fourth-order valence-electron chi connectivity index (χ4n) is 3.84. The van der Waals surface area contributed by atoms with Crippen LogP contribution in [0, 0.1) is 0 Å². The highest BCUT2D eigenvalue weighted by atomic mass is 127. The van der Waals surface area contributed by atoms with Crippen molar-refractivity contribution in [1.29, 1.82) is 0 Å². The molecule has 0 bridgehead atoms. The summed E-state index contributed by atoms with van der Waals surface area (Å²) in [5.74, 6) is -0.488. The van der Waals surface area contributed by atoms with Gasteiger partial charge in [-0.1, -0.05) is 83.3 Å². The van der Waals surface area contributed by atoms with Gasteiger partial charge in [0.15, 0.2) is 6.10 Å². The van der Waals surface area contributed by atoms with Gasteiger partial charge in [0.1, 0.15) is 17.7 Å². The third-order valence-corrected chi connectivity index (χ3v) is 6.28. The summed E-state index contributed by atoms with van der Waals surface area (Å²) in [6.45, 7) is 5.40. The Morgan fingerprint density at radius 3 is 2.19 bits per heavy atom. The summed E-state index contributed by atoms with van der Waals surface area (Å²) in [7, 11) is 0. The number of morpholine rings is 1. The minimum Gasteiger partial charge on any atom is -0.453 e. The highest BCUT2D eigenvalue weighted by molar-refractivity contribution is 14.1. The molecule has 172 valence electrons. The number of hydrogen-bond donors (Lipinski definition) is 1. The molecule has 6 nitrogen and oxygen atoms in total. The maximum atomic E-state index is 13.5. The van der Waals surface area contributed by atoms with E-state index in [0.717, 1.165) is 11.1 Å². The van der Waals surface area contributed by atoms with E-state index < -0.39 is 42.0 Å². The van der Waals surface area contributed by atoms with Crippen molar-refractivity contribution in [3.63, 3.8) is 0 Å². The number of ether oxygens (including phenoxy) is 2. The lowest BCUT2D eigenvalue weighted by atomic mass is 9.90. The molecule has 1 aliphatic rings. The molecule has 0 radical (unpaired) electrons. The van der Waals surface area contributed by atoms with E-state index >= 15 is 0 Å². The molecule has 1 amide bonds. The average Bonchev–Trinajstić information content (AvgIpc) is 2.77. The number of carbonyl (C=O) groups excluding carboxylic acids is 2. The van der Waals surface area contributed by atoms with E-state index in [9.17, 15) is 14.7 Å². The summed E-state index contributed by atoms with van der Waals surface area (Å²) in [6.07, 6.45) is -1.15. The van der Waals surface area contributed by atoms with Crippen molar-refractivity contribution in [2.75, 3.05) is 4.43 Å². The molecule has 7 heteroatoms. The van der Waals surface area contributed by atoms with Crippen LogP contribution in [0.25, 0.3) is 0 Å². The highest BCUT2D eigenvalue weighted by Crippen LogP contribution is 2.43. The summed E-state index contributed by atoms with van der Waals surface area (Å²) < 4.78 is 12.2. The van der Waals surface area contributed by atoms with E-state index in [4.69, 9.17) is 9.47 Å². The quantitative estimate of drug-likeness (QED) is 0.303. The number of halogens is 1. The Morgan fingerprint density at radius 2 is 1.66 bits per heavy atom. The van der Waals surface area contributed by atoms with Gasteiger partial charge < -0.3 is 14.6 Å². The lowest BCUT2D eigenvalue weighted by molar-refractivity contribution is -0.175. The van der Waals surface area contributed by atoms with E-state index in [1.165, 1.54) is 4.90 Å². The first-order chi connectivity index (χ1) is 15.2. The molecule has 3 rings (SSSR count). The zero-order chi connectivity index (χ0) is 23.3. The molecule has 1 heterocycles. The molecular formula is C25H30INO5. The molecule has 0 saturated carbocycles. The number of alkyl halides is 1. The fraction of sp³-hybridized carbons (Fsp3) is 0.440. The molecule has 1 fully saturated rings. The topological polar surface area (TPSA) is 76.1 Å². The van der Waals surface area contributed by atoms with Crippen molar-refractivity contribution in [2.45, 2.75) is 63.5 Å². The lowest BCUT2D eigenvalue weighted by Crippen LogP contribution is -2.55. The minimum atomic E-state index is -0.854. The third-order valence-electron chi connectivity index (χ3n) is 5.26. The average molecular weight is 551 g/mol. The molecule has 0 aliphatic carbocycles. The van der Waals surface area contributed by atoms with Crippen molar-refractivity contribution in [1.82, 2.24) is 4.90 Å². The third kappa shape index (κ3) is 6.01. The van der Waals surface area contributed by atoms with Crippen molar-refractivity contribution in [3.05, 3.63) is 71.8 Å². The van der Waals surface area contributed by atoms with Crippen LogP contribution in [0.2, 0.25) is 0 Å². The molecule has 0 unspecified atom stereocenters. The van der Waals surface area contributed by atoms with Gasteiger partial charge in [-0.05, 0) is 44.7 Å². The smallest absolute Gasteiger partial charge is 0.411 e. The second-order valence-electron chi connectivity index (χ2n) is 8.91. The molecular weight excluding hydrogens is 521 g/mol. The molecule has 0 aromatic heterocycles. The Hall–Kier alpha value is -2.13. The maximum Gasteiger partial charge on any atom is 0.411 e. The fourth-order valence-corrected chi connectivity index (χ4v) is 4.28. The number of nitrogens with zero attached hydrogens (tertiary/aromatic N) is 1. The van der Waals surface area contributed by atoms with Crippen LogP contribution < -0.4 is 0 Å². The highest BCUT2D eigenvalue weighted by Gasteiger charge is 2.48. The summed E-state index contributed by atoms with van der Waals surface area (Å²) in [5, 5.41) is 10.1. The number of benzene rings is 2. The molecule has 2 aromatic carbocycles. The van der Waals surface area contributed by atoms with Gasteiger partial charge in [-0.2, -0.15) is 0 Å². The van der Waals surface area contributed by atoms with Crippen LogP contribution in [0.5, 0.6) is 0 Å². The van der Waals surface area contributed by atoms with Crippen molar-refractivity contribution in [3.8, 4) is 0 Å². The van der Waals surface area contributed by atoms with Gasteiger partial charge in [0, 0.05) is 4.43 Å². The van der Waals surface area contributed by atoms with E-state index in [1.54, 1.807) is 20.8 Å². The first-order valence-corrected chi connectivity index (χ1v) is 12.3. The number of rotatable bonds is 6. The van der Waals surface area contributed by atoms with Gasteiger partial charge in [0.25, 0.3) is 0 Å². The first kappa shape index (κ1) is 24.5. The van der Waals surface area contributed by atoms with Crippen molar-refractivity contribution >= 4 is 34.7 Å². The van der Waals surface area contributed by atoms with E-state index in [0.29, 0.717) is 10.8 Å². The van der Waals surface area contributed by atoms with Crippen LogP contribution in [0.15, 0.2) is 60.7 Å². The van der Waals surface area contributed by atoms with Gasteiger partial charge in [-0.15, -0.1) is 0 Å². The van der Waals surface area contributed by atoms with Crippen LogP contribution in [-0.2, 0) is 14.3 Å². The van der Waals surface area contributed by atoms with Crippen LogP contribution in [-0.4, -0.2) is 44.2 Å². The number of cyclic esters (lactones) is 1. The number of esters is 1. The second-order valence-corrected chi connectivity index (χ2v) is 9.79. The molecule has 1 aliphatic heterocycles. The zero-order valence-electron chi connectivity index (χ0n) is 18.6. The Labute approximate surface area is 203 Å². The van der Waals surface area contributed by atoms with Gasteiger partial charge in [0.05, 0.1) is 6.10 Å². The largest absolute Gasteiger partial charge is 0.453 e. The van der Waals surface area contributed by atoms with Crippen LogP contribution in [0.4, 0.5) is 4.79 Å². The Balaban J connectivity index is 2.08. The minimum absolute atomic E-state index is 0.285. The Morgan fingerprint density at radius 1 is 1.09 bits per heavy atom. The van der Waals surface area contributed by atoms with E-state index in [1.807, 2.05) is 60.7 Å². The van der Waals surface area contributed by atoms with Gasteiger partial charge in [-0.3, -0.25) is 4.90 Å². The normalized spacial score (nSPS) is 22.2. The Kier molecular flexibility index (Phi) is 8.16. The van der Waals surface area contributed by atoms with Crippen LogP contribution in [0.3, 0.4) is 0 Å². The van der Waals surface area contributed by atoms with E-state index in [-0.39, 0.29) is 6.42 Å². The molecule has 32 heavy (non-hydrogen) atoms. The predicted molar refractivity (Wildman–Crippen MR) is 130 cm³/mol. The molecule has 0 spiro atoms. The molecule has 1 saturated heterocycles. The standard InChI is InChI=1S/C25H30INO5/c1-25(2,3)32-24(30)27-20(15-14-19(28)16-26)23(29)31-22(18-12-8-5-9-13-18)21(27)17-10-6-4-7-11-17/h4-13,19-22,28H,14-16H2,1-3H3/t19-,20+,21+,22-/m1/s1. The second kappa shape index (κ2) is 10.7. The summed E-state index contributed by atoms with van der Waals surface area (Å²) in [4.78, 5) is 28.2. The maximum absolute atomic E-state index is 13.5.